The number of carbonyl (C=O) groups excluding carboxylic acids is 1. The molecule has 0 aliphatic rings. The molecule has 9 nitrogen and oxygen atoms in total. The van der Waals surface area contributed by atoms with Gasteiger partial charge in [-0.05, 0) is 24.3 Å². The van der Waals surface area contributed by atoms with Gasteiger partial charge in [0.2, 0.25) is 0 Å². The zero-order valence-electron chi connectivity index (χ0n) is 16.4. The van der Waals surface area contributed by atoms with Crippen LogP contribution in [-0.2, 0) is 13.2 Å². The van der Waals surface area contributed by atoms with Crippen molar-refractivity contribution >= 4 is 23.3 Å². The van der Waals surface area contributed by atoms with E-state index in [9.17, 15) is 27.2 Å². The number of rotatable bonds is 4. The lowest BCUT2D eigenvalue weighted by Crippen LogP contribution is -2.16. The van der Waals surface area contributed by atoms with Gasteiger partial charge in [0.05, 0.1) is 22.5 Å². The van der Waals surface area contributed by atoms with Crippen LogP contribution in [0.1, 0.15) is 16.1 Å². The van der Waals surface area contributed by atoms with Gasteiger partial charge in [0.1, 0.15) is 17.3 Å². The highest BCUT2D eigenvalue weighted by atomic mass is 35.5. The number of aromatic nitrogens is 5. The van der Waals surface area contributed by atoms with Crippen LogP contribution >= 0.6 is 11.6 Å². The minimum Gasteiger partial charge on any atom is -0.386 e. The number of carbonyl (C=O) groups is 1. The Morgan fingerprint density at radius 2 is 1.94 bits per heavy atom. The van der Waals surface area contributed by atoms with Gasteiger partial charge < -0.3 is 9.73 Å². The van der Waals surface area contributed by atoms with E-state index in [1.165, 1.54) is 31.3 Å². The minimum absolute atomic E-state index is 0.0697. The Balaban J connectivity index is 1.66. The molecule has 0 aliphatic heterocycles. The quantitative estimate of drug-likeness (QED) is 0.445. The van der Waals surface area contributed by atoms with Crippen LogP contribution in [0.25, 0.3) is 17.3 Å². The Kier molecular flexibility index (Phi) is 5.49. The van der Waals surface area contributed by atoms with Crippen molar-refractivity contribution in [3.63, 3.8) is 0 Å². The Labute approximate surface area is 186 Å². The Morgan fingerprint density at radius 1 is 1.18 bits per heavy atom. The van der Waals surface area contributed by atoms with Gasteiger partial charge in [-0.3, -0.25) is 4.79 Å². The highest BCUT2D eigenvalue weighted by Crippen LogP contribution is 2.33. The normalized spacial score (nSPS) is 11.6. The number of alkyl halides is 3. The first kappa shape index (κ1) is 22.2. The van der Waals surface area contributed by atoms with E-state index in [0.717, 1.165) is 16.9 Å². The van der Waals surface area contributed by atoms with Crippen molar-refractivity contribution in [2.24, 2.45) is 7.05 Å². The maximum Gasteiger partial charge on any atom is 0.437 e. The standard InChI is InChI=1S/C19H11ClF4N6O3/c1-29-18(32)33-17(28-29)12-7-13(19(22,23)24)30(27-12)9-5-6-14(25-8-9)26-16(31)15-10(20)3-2-4-11(15)21/h2-8H,1H3,(H,25,26,31). The Bertz CT molecular complexity index is 1390. The number of halogens is 5. The molecule has 0 aliphatic carbocycles. The van der Waals surface area contributed by atoms with Crippen LogP contribution in [0.3, 0.4) is 0 Å². The van der Waals surface area contributed by atoms with Gasteiger partial charge in [-0.15, -0.1) is 5.10 Å². The molecule has 14 heteroatoms. The van der Waals surface area contributed by atoms with Crippen LogP contribution in [0.15, 0.2) is 51.8 Å². The van der Waals surface area contributed by atoms with Crippen LogP contribution in [0.5, 0.6) is 0 Å². The molecule has 0 radical (unpaired) electrons. The van der Waals surface area contributed by atoms with Crippen molar-refractivity contribution in [2.45, 2.75) is 6.18 Å². The SMILES string of the molecule is Cn1nc(-c2cc(C(F)(F)F)n(-c3ccc(NC(=O)c4c(F)cccc4Cl)nc3)n2)oc1=O. The first-order chi connectivity index (χ1) is 15.5. The Hall–Kier alpha value is -4.00. The van der Waals surface area contributed by atoms with Crippen LogP contribution in [0.4, 0.5) is 23.4 Å². The second-order valence-electron chi connectivity index (χ2n) is 6.57. The number of pyridine rings is 1. The van der Waals surface area contributed by atoms with Crippen molar-refractivity contribution in [3.05, 3.63) is 75.2 Å². The summed E-state index contributed by atoms with van der Waals surface area (Å²) >= 11 is 5.85. The number of aryl methyl sites for hydroxylation is 1. The number of hydrogen-bond donors (Lipinski definition) is 1. The summed E-state index contributed by atoms with van der Waals surface area (Å²) in [6.45, 7) is 0. The molecule has 0 atom stereocenters. The molecule has 0 fully saturated rings. The molecule has 3 heterocycles. The molecule has 0 unspecified atom stereocenters. The maximum absolute atomic E-state index is 13.9. The topological polar surface area (TPSA) is 108 Å². The predicted octanol–water partition coefficient (Wildman–Crippen LogP) is 3.68. The number of nitrogens with zero attached hydrogens (tertiary/aromatic N) is 5. The van der Waals surface area contributed by atoms with Gasteiger partial charge in [0.25, 0.3) is 11.8 Å². The molecule has 1 aromatic carbocycles. The third-order valence-electron chi connectivity index (χ3n) is 4.33. The smallest absolute Gasteiger partial charge is 0.386 e. The van der Waals surface area contributed by atoms with Crippen molar-refractivity contribution < 1.29 is 26.8 Å². The zero-order valence-corrected chi connectivity index (χ0v) is 17.1. The molecule has 4 aromatic rings. The largest absolute Gasteiger partial charge is 0.437 e. The van der Waals surface area contributed by atoms with Crippen molar-refractivity contribution in [2.75, 3.05) is 5.32 Å². The highest BCUT2D eigenvalue weighted by Gasteiger charge is 2.37. The summed E-state index contributed by atoms with van der Waals surface area (Å²) in [6.07, 6.45) is -3.80. The second-order valence-corrected chi connectivity index (χ2v) is 6.98. The highest BCUT2D eigenvalue weighted by molar-refractivity contribution is 6.34. The van der Waals surface area contributed by atoms with E-state index in [2.05, 4.69) is 20.5 Å². The van der Waals surface area contributed by atoms with Crippen LogP contribution in [0, 0.1) is 5.82 Å². The molecular weight excluding hydrogens is 472 g/mol. The summed E-state index contributed by atoms with van der Waals surface area (Å²) in [6, 6.07) is 6.77. The molecule has 1 N–H and O–H groups in total. The number of amides is 1. The summed E-state index contributed by atoms with van der Waals surface area (Å²) < 4.78 is 60.7. The van der Waals surface area contributed by atoms with Crippen LogP contribution < -0.4 is 11.1 Å². The zero-order chi connectivity index (χ0) is 23.9. The number of anilines is 1. The predicted molar refractivity (Wildman–Crippen MR) is 106 cm³/mol. The van der Waals surface area contributed by atoms with Gasteiger partial charge in [-0.25, -0.2) is 18.9 Å². The summed E-state index contributed by atoms with van der Waals surface area (Å²) in [5.74, 6) is -3.08. The third kappa shape index (κ3) is 4.35. The van der Waals surface area contributed by atoms with Crippen molar-refractivity contribution in [1.29, 1.82) is 0 Å². The lowest BCUT2D eigenvalue weighted by Gasteiger charge is -2.11. The fourth-order valence-corrected chi connectivity index (χ4v) is 3.06. The van der Waals surface area contributed by atoms with E-state index in [1.807, 2.05) is 0 Å². The average Bonchev–Trinajstić information content (AvgIpc) is 3.32. The lowest BCUT2D eigenvalue weighted by atomic mass is 10.2. The van der Waals surface area contributed by atoms with Crippen molar-refractivity contribution in [3.8, 4) is 17.3 Å². The summed E-state index contributed by atoms with van der Waals surface area (Å²) in [5.41, 5.74) is -2.03. The van der Waals surface area contributed by atoms with Gasteiger partial charge in [-0.2, -0.15) is 23.0 Å². The molecule has 0 bridgehead atoms. The number of hydrogen-bond acceptors (Lipinski definition) is 6. The monoisotopic (exact) mass is 482 g/mol. The van der Waals surface area contributed by atoms with E-state index in [0.29, 0.717) is 10.7 Å². The summed E-state index contributed by atoms with van der Waals surface area (Å²) in [4.78, 5) is 27.6. The summed E-state index contributed by atoms with van der Waals surface area (Å²) in [7, 11) is 1.27. The molecule has 33 heavy (non-hydrogen) atoms. The molecule has 170 valence electrons. The average molecular weight is 483 g/mol. The second kappa shape index (κ2) is 8.16. The Morgan fingerprint density at radius 3 is 2.52 bits per heavy atom. The minimum atomic E-state index is -4.81. The fraction of sp³-hybridized carbons (Fsp3) is 0.105. The molecule has 3 aromatic heterocycles. The van der Waals surface area contributed by atoms with Crippen LogP contribution in [0.2, 0.25) is 5.02 Å². The van der Waals surface area contributed by atoms with Gasteiger partial charge in [0.15, 0.2) is 5.69 Å². The first-order valence-corrected chi connectivity index (χ1v) is 9.36. The van der Waals surface area contributed by atoms with Crippen molar-refractivity contribution in [1.82, 2.24) is 24.5 Å². The van der Waals surface area contributed by atoms with E-state index >= 15 is 0 Å². The fourth-order valence-electron chi connectivity index (χ4n) is 2.81. The van der Waals surface area contributed by atoms with Gasteiger partial charge in [-0.1, -0.05) is 17.7 Å². The molecule has 0 saturated carbocycles. The molecule has 0 saturated heterocycles. The molecule has 1 amide bonds. The first-order valence-electron chi connectivity index (χ1n) is 8.98. The van der Waals surface area contributed by atoms with E-state index in [-0.39, 0.29) is 22.2 Å². The lowest BCUT2D eigenvalue weighted by molar-refractivity contribution is -0.142. The van der Waals surface area contributed by atoms with Gasteiger partial charge >= 0.3 is 11.9 Å². The third-order valence-corrected chi connectivity index (χ3v) is 4.65. The van der Waals surface area contributed by atoms with E-state index in [1.54, 1.807) is 0 Å². The molecule has 0 spiro atoms. The van der Waals surface area contributed by atoms with Gasteiger partial charge in [0, 0.05) is 13.1 Å². The molecular formula is C19H11ClF4N6O3. The number of nitrogens with one attached hydrogen (secondary N) is 1. The van der Waals surface area contributed by atoms with E-state index in [4.69, 9.17) is 16.0 Å². The molecule has 4 rings (SSSR count). The maximum atomic E-state index is 13.9. The number of benzene rings is 1. The van der Waals surface area contributed by atoms with E-state index < -0.39 is 40.8 Å². The van der Waals surface area contributed by atoms with Crippen LogP contribution in [-0.4, -0.2) is 30.5 Å². The summed E-state index contributed by atoms with van der Waals surface area (Å²) in [5, 5.41) is 9.71.